The summed E-state index contributed by atoms with van der Waals surface area (Å²) in [5.74, 6) is -1.16. The fraction of sp³-hybridized carbons (Fsp3) is 0.571. The van der Waals surface area contributed by atoms with Crippen LogP contribution < -0.4 is 0 Å². The number of carbonyl (C=O) groups excluding carboxylic acids is 1. The first kappa shape index (κ1) is 18.8. The molecule has 1 N–H and O–H groups in total. The van der Waals surface area contributed by atoms with E-state index < -0.39 is 16.0 Å². The second-order valence-electron chi connectivity index (χ2n) is 5.34. The Kier molecular flexibility index (Phi) is 6.33. The Hall–Kier alpha value is -1.49. The number of hydrogen-bond acceptors (Lipinski definition) is 6. The van der Waals surface area contributed by atoms with Gasteiger partial charge in [-0.3, -0.25) is 4.79 Å². The molecule has 1 aliphatic heterocycles. The Morgan fingerprint density at radius 2 is 1.96 bits per heavy atom. The lowest BCUT2D eigenvalue weighted by Gasteiger charge is -2.33. The van der Waals surface area contributed by atoms with Gasteiger partial charge in [0.1, 0.15) is 4.21 Å². The molecule has 1 saturated heterocycles. The Morgan fingerprint density at radius 3 is 2.50 bits per heavy atom. The third-order valence-corrected chi connectivity index (χ3v) is 7.06. The molecule has 1 aromatic rings. The molecule has 0 spiro atoms. The van der Waals surface area contributed by atoms with E-state index in [1.165, 1.54) is 15.8 Å². The minimum atomic E-state index is -3.71. The number of rotatable bonds is 7. The van der Waals surface area contributed by atoms with Crippen LogP contribution in [0.2, 0.25) is 0 Å². The predicted octanol–water partition coefficient (Wildman–Crippen LogP) is 0.706. The highest BCUT2D eigenvalue weighted by molar-refractivity contribution is 7.91. The van der Waals surface area contributed by atoms with Crippen molar-refractivity contribution in [1.82, 2.24) is 9.21 Å². The van der Waals surface area contributed by atoms with Gasteiger partial charge in [-0.15, -0.1) is 11.3 Å². The molecule has 0 atom stereocenters. The SMILES string of the molecule is COCCCC(=O)N1CCN(S(=O)(=O)c2cc(C(=O)O)cs2)CC1. The van der Waals surface area contributed by atoms with Crippen LogP contribution in [0, 0.1) is 0 Å². The quantitative estimate of drug-likeness (QED) is 0.703. The van der Waals surface area contributed by atoms with Crippen molar-refractivity contribution >= 4 is 33.2 Å². The zero-order valence-corrected chi connectivity index (χ0v) is 14.9. The van der Waals surface area contributed by atoms with Gasteiger partial charge in [-0.1, -0.05) is 0 Å². The molecule has 0 unspecified atom stereocenters. The van der Waals surface area contributed by atoms with E-state index >= 15 is 0 Å². The maximum absolute atomic E-state index is 12.5. The van der Waals surface area contributed by atoms with Crippen LogP contribution in [-0.4, -0.2) is 74.5 Å². The highest BCUT2D eigenvalue weighted by Gasteiger charge is 2.31. The summed E-state index contributed by atoms with van der Waals surface area (Å²) in [6.45, 7) is 1.60. The fourth-order valence-corrected chi connectivity index (χ4v) is 5.12. The Balaban J connectivity index is 1.95. The number of methoxy groups -OCH3 is 1. The molecule has 2 rings (SSSR count). The molecule has 24 heavy (non-hydrogen) atoms. The van der Waals surface area contributed by atoms with Gasteiger partial charge in [0.15, 0.2) is 0 Å². The molecule has 0 aromatic carbocycles. The second-order valence-corrected chi connectivity index (χ2v) is 8.42. The molecule has 10 heteroatoms. The van der Waals surface area contributed by atoms with Crippen LogP contribution in [0.1, 0.15) is 23.2 Å². The highest BCUT2D eigenvalue weighted by Crippen LogP contribution is 2.25. The summed E-state index contributed by atoms with van der Waals surface area (Å²) in [5.41, 5.74) is -0.0365. The lowest BCUT2D eigenvalue weighted by Crippen LogP contribution is -2.50. The first-order valence-electron chi connectivity index (χ1n) is 7.45. The van der Waals surface area contributed by atoms with Crippen molar-refractivity contribution < 1.29 is 27.9 Å². The van der Waals surface area contributed by atoms with Gasteiger partial charge in [-0.2, -0.15) is 4.31 Å². The van der Waals surface area contributed by atoms with Gasteiger partial charge < -0.3 is 14.7 Å². The number of nitrogens with zero attached hydrogens (tertiary/aromatic N) is 2. The largest absolute Gasteiger partial charge is 0.478 e. The fourth-order valence-electron chi connectivity index (χ4n) is 2.39. The van der Waals surface area contributed by atoms with Crippen molar-refractivity contribution in [3.8, 4) is 0 Å². The van der Waals surface area contributed by atoms with Crippen LogP contribution in [0.4, 0.5) is 0 Å². The van der Waals surface area contributed by atoms with Gasteiger partial charge in [-0.05, 0) is 12.5 Å². The molecular formula is C14H20N2O6S2. The zero-order valence-electron chi connectivity index (χ0n) is 13.3. The van der Waals surface area contributed by atoms with E-state index in [0.29, 0.717) is 32.5 Å². The number of piperazine rings is 1. The summed E-state index contributed by atoms with van der Waals surface area (Å²) >= 11 is 0.894. The van der Waals surface area contributed by atoms with Crippen molar-refractivity contribution in [2.45, 2.75) is 17.1 Å². The number of thiophene rings is 1. The van der Waals surface area contributed by atoms with E-state index in [4.69, 9.17) is 9.84 Å². The molecule has 2 heterocycles. The molecule has 0 radical (unpaired) electrons. The summed E-state index contributed by atoms with van der Waals surface area (Å²) in [7, 11) is -2.14. The van der Waals surface area contributed by atoms with Crippen molar-refractivity contribution in [3.05, 3.63) is 17.0 Å². The molecule has 1 fully saturated rings. The Labute approximate surface area is 144 Å². The number of carboxylic acid groups (broad SMARTS) is 1. The first-order valence-corrected chi connectivity index (χ1v) is 9.77. The van der Waals surface area contributed by atoms with E-state index in [1.807, 2.05) is 0 Å². The summed E-state index contributed by atoms with van der Waals surface area (Å²) < 4.78 is 31.3. The third kappa shape index (κ3) is 4.32. The Bertz CT molecular complexity index is 692. The molecule has 134 valence electrons. The summed E-state index contributed by atoms with van der Waals surface area (Å²) in [6.07, 6.45) is 1.02. The third-order valence-electron chi connectivity index (χ3n) is 3.75. The molecule has 1 aliphatic rings. The van der Waals surface area contributed by atoms with Crippen LogP contribution in [0.3, 0.4) is 0 Å². The number of amides is 1. The molecule has 1 aromatic heterocycles. The summed E-state index contributed by atoms with van der Waals surface area (Å²) in [4.78, 5) is 24.6. The number of aromatic carboxylic acids is 1. The molecule has 0 bridgehead atoms. The smallest absolute Gasteiger partial charge is 0.336 e. The maximum atomic E-state index is 12.5. The first-order chi connectivity index (χ1) is 11.4. The molecule has 0 saturated carbocycles. The van der Waals surface area contributed by atoms with Gasteiger partial charge in [0.2, 0.25) is 5.91 Å². The number of ether oxygens (including phenoxy) is 1. The standard InChI is InChI=1S/C14H20N2O6S2/c1-22-8-2-3-12(17)15-4-6-16(7-5-15)24(20,21)13-9-11(10-23-13)14(18)19/h9-10H,2-8H2,1H3,(H,18,19). The van der Waals surface area contributed by atoms with E-state index in [-0.39, 0.29) is 28.8 Å². The predicted molar refractivity (Wildman–Crippen MR) is 87.7 cm³/mol. The van der Waals surface area contributed by atoms with Gasteiger partial charge in [0.25, 0.3) is 10.0 Å². The summed E-state index contributed by atoms with van der Waals surface area (Å²) in [6, 6.07) is 1.17. The van der Waals surface area contributed by atoms with Gasteiger partial charge >= 0.3 is 5.97 Å². The highest BCUT2D eigenvalue weighted by atomic mass is 32.2. The molecular weight excluding hydrogens is 356 g/mol. The van der Waals surface area contributed by atoms with Crippen LogP contribution in [0.5, 0.6) is 0 Å². The average molecular weight is 376 g/mol. The van der Waals surface area contributed by atoms with Gasteiger partial charge in [0.05, 0.1) is 5.56 Å². The van der Waals surface area contributed by atoms with Crippen molar-refractivity contribution in [2.24, 2.45) is 0 Å². The van der Waals surface area contributed by atoms with Crippen LogP contribution in [0.15, 0.2) is 15.7 Å². The minimum Gasteiger partial charge on any atom is -0.478 e. The van der Waals surface area contributed by atoms with Crippen molar-refractivity contribution in [2.75, 3.05) is 39.9 Å². The van der Waals surface area contributed by atoms with E-state index in [9.17, 15) is 18.0 Å². The van der Waals surface area contributed by atoms with Crippen molar-refractivity contribution in [3.63, 3.8) is 0 Å². The van der Waals surface area contributed by atoms with Crippen LogP contribution >= 0.6 is 11.3 Å². The van der Waals surface area contributed by atoms with Crippen molar-refractivity contribution in [1.29, 1.82) is 0 Å². The van der Waals surface area contributed by atoms with E-state index in [2.05, 4.69) is 0 Å². The summed E-state index contributed by atoms with van der Waals surface area (Å²) in [5, 5.41) is 10.2. The maximum Gasteiger partial charge on any atom is 0.336 e. The number of carbonyl (C=O) groups is 2. The van der Waals surface area contributed by atoms with E-state index in [0.717, 1.165) is 11.3 Å². The number of carboxylic acids is 1. The normalized spacial score (nSPS) is 16.3. The number of sulfonamides is 1. The monoisotopic (exact) mass is 376 g/mol. The number of hydrogen-bond donors (Lipinski definition) is 1. The van der Waals surface area contributed by atoms with Gasteiger partial charge in [-0.25, -0.2) is 13.2 Å². The molecule has 8 nitrogen and oxygen atoms in total. The average Bonchev–Trinajstić information content (AvgIpc) is 3.06. The van der Waals surface area contributed by atoms with Crippen LogP contribution in [-0.2, 0) is 19.6 Å². The lowest BCUT2D eigenvalue weighted by molar-refractivity contribution is -0.132. The topological polar surface area (TPSA) is 104 Å². The minimum absolute atomic E-state index is 0.00612. The van der Waals surface area contributed by atoms with E-state index in [1.54, 1.807) is 12.0 Å². The molecule has 1 amide bonds. The second kappa shape index (κ2) is 8.06. The van der Waals surface area contributed by atoms with Gasteiger partial charge in [0, 0.05) is 51.7 Å². The Morgan fingerprint density at radius 1 is 1.29 bits per heavy atom. The molecule has 0 aliphatic carbocycles. The van der Waals surface area contributed by atoms with Crippen LogP contribution in [0.25, 0.3) is 0 Å². The lowest BCUT2D eigenvalue weighted by atomic mass is 10.2. The zero-order chi connectivity index (χ0) is 17.7.